The highest BCUT2D eigenvalue weighted by atomic mass is 16.5. The summed E-state index contributed by atoms with van der Waals surface area (Å²) >= 11 is 0. The maximum Gasteiger partial charge on any atom is 0.331 e. The second-order valence-corrected chi connectivity index (χ2v) is 3.07. The van der Waals surface area contributed by atoms with Gasteiger partial charge < -0.3 is 4.74 Å². The largest absolute Gasteiger partial charge is 0.446 e. The van der Waals surface area contributed by atoms with Crippen LogP contribution in [0.1, 0.15) is 32.6 Å². The van der Waals surface area contributed by atoms with Crippen molar-refractivity contribution >= 4 is 5.97 Å². The molecule has 0 aliphatic rings. The molecule has 0 heterocycles. The summed E-state index contributed by atoms with van der Waals surface area (Å²) in [4.78, 5) is 11.0. The summed E-state index contributed by atoms with van der Waals surface area (Å²) < 4.78 is 5.07. The summed E-state index contributed by atoms with van der Waals surface area (Å²) in [6.45, 7) is 9.03. The summed E-state index contributed by atoms with van der Waals surface area (Å²) in [7, 11) is 0. The fourth-order valence-corrected chi connectivity index (χ4v) is 0.929. The molecule has 0 aromatic carbocycles. The van der Waals surface area contributed by atoms with Crippen molar-refractivity contribution in [1.82, 2.24) is 0 Å². The van der Waals surface area contributed by atoms with Gasteiger partial charge >= 0.3 is 5.97 Å². The van der Waals surface area contributed by atoms with Crippen molar-refractivity contribution < 1.29 is 9.53 Å². The van der Waals surface area contributed by atoms with E-state index in [1.54, 1.807) is 6.08 Å². The summed E-state index contributed by atoms with van der Waals surface area (Å²) in [5.74, 6) is 5.49. The molecule has 0 saturated carbocycles. The molecule has 2 heteroatoms. The zero-order valence-corrected chi connectivity index (χ0v) is 9.29. The third-order valence-corrected chi connectivity index (χ3v) is 1.70. The van der Waals surface area contributed by atoms with Gasteiger partial charge in [-0.15, -0.1) is 6.58 Å². The Labute approximate surface area is 92.0 Å². The molecule has 0 aromatic rings. The van der Waals surface area contributed by atoms with E-state index in [1.807, 2.05) is 0 Å². The van der Waals surface area contributed by atoms with Gasteiger partial charge in [-0.05, 0) is 19.3 Å². The first-order chi connectivity index (χ1) is 7.24. The van der Waals surface area contributed by atoms with E-state index >= 15 is 0 Å². The van der Waals surface area contributed by atoms with Gasteiger partial charge in [-0.1, -0.05) is 31.4 Å². The van der Waals surface area contributed by atoms with Crippen LogP contribution in [0, 0.1) is 11.8 Å². The molecule has 0 bridgehead atoms. The van der Waals surface area contributed by atoms with Crippen LogP contribution in [0.2, 0.25) is 0 Å². The van der Waals surface area contributed by atoms with Crippen LogP contribution < -0.4 is 0 Å². The number of hydrogen-bond acceptors (Lipinski definition) is 2. The number of hydrogen-bond donors (Lipinski definition) is 0. The van der Waals surface area contributed by atoms with Crippen LogP contribution in [-0.2, 0) is 9.53 Å². The van der Waals surface area contributed by atoms with Crippen LogP contribution in [0.3, 0.4) is 0 Å². The Hall–Kier alpha value is -1.49. The fraction of sp³-hybridized carbons (Fsp3) is 0.462. The topological polar surface area (TPSA) is 26.3 Å². The molecule has 2 nitrogen and oxygen atoms in total. The number of carbonyl (C=O) groups is 1. The van der Waals surface area contributed by atoms with Crippen LogP contribution in [0.4, 0.5) is 0 Å². The van der Waals surface area contributed by atoms with E-state index < -0.39 is 5.97 Å². The maximum absolute atomic E-state index is 11.0. The van der Waals surface area contributed by atoms with E-state index in [0.29, 0.717) is 6.42 Å². The summed E-state index contributed by atoms with van der Waals surface area (Å²) in [6.07, 6.45) is 5.93. The standard InChI is InChI=1S/C13H18O2/c1-4-7-9-11-12(10-8-5-2)15-13(14)6-3/h5-6,12H,2-4,7-8,10H2,1H3/t12-/m1/s1. The van der Waals surface area contributed by atoms with Crippen molar-refractivity contribution in [2.45, 2.75) is 38.7 Å². The van der Waals surface area contributed by atoms with Crippen LogP contribution >= 0.6 is 0 Å². The van der Waals surface area contributed by atoms with Gasteiger partial charge in [0.25, 0.3) is 0 Å². The summed E-state index contributed by atoms with van der Waals surface area (Å²) in [6, 6.07) is 0. The van der Waals surface area contributed by atoms with E-state index in [1.165, 1.54) is 0 Å². The number of unbranched alkanes of at least 4 members (excludes halogenated alkanes) is 1. The van der Waals surface area contributed by atoms with Crippen LogP contribution in [0.25, 0.3) is 0 Å². The van der Waals surface area contributed by atoms with Gasteiger partial charge in [0.1, 0.15) is 0 Å². The molecule has 0 saturated heterocycles. The van der Waals surface area contributed by atoms with E-state index in [9.17, 15) is 4.79 Å². The molecule has 0 spiro atoms. The van der Waals surface area contributed by atoms with Gasteiger partial charge in [-0.25, -0.2) is 4.79 Å². The number of ether oxygens (including phenoxy) is 1. The minimum absolute atomic E-state index is 0.333. The van der Waals surface area contributed by atoms with Crippen molar-refractivity contribution in [2.24, 2.45) is 0 Å². The molecular weight excluding hydrogens is 188 g/mol. The Morgan fingerprint density at radius 2 is 2.27 bits per heavy atom. The van der Waals surface area contributed by atoms with Crippen molar-refractivity contribution in [3.8, 4) is 11.8 Å². The average Bonchev–Trinajstić information content (AvgIpc) is 2.25. The average molecular weight is 206 g/mol. The van der Waals surface area contributed by atoms with Gasteiger partial charge in [-0.2, -0.15) is 0 Å². The zero-order valence-electron chi connectivity index (χ0n) is 9.29. The van der Waals surface area contributed by atoms with E-state index in [4.69, 9.17) is 4.74 Å². The molecule has 0 amide bonds. The van der Waals surface area contributed by atoms with Crippen LogP contribution in [0.15, 0.2) is 25.3 Å². The van der Waals surface area contributed by atoms with Crippen LogP contribution in [-0.4, -0.2) is 12.1 Å². The molecule has 0 N–H and O–H groups in total. The second kappa shape index (κ2) is 9.08. The minimum atomic E-state index is -0.421. The first-order valence-corrected chi connectivity index (χ1v) is 5.16. The third-order valence-electron chi connectivity index (χ3n) is 1.70. The van der Waals surface area contributed by atoms with E-state index in [-0.39, 0.29) is 6.10 Å². The monoisotopic (exact) mass is 206 g/mol. The van der Waals surface area contributed by atoms with Crippen LogP contribution in [0.5, 0.6) is 0 Å². The SMILES string of the molecule is C=CCC[C@H](C#CCCC)OC(=O)C=C. The summed E-state index contributed by atoms with van der Waals surface area (Å²) in [5, 5.41) is 0. The molecule has 0 radical (unpaired) electrons. The van der Waals surface area contributed by atoms with Gasteiger partial charge in [0.2, 0.25) is 0 Å². The molecule has 0 aromatic heterocycles. The first kappa shape index (κ1) is 13.5. The van der Waals surface area contributed by atoms with Gasteiger partial charge in [0.05, 0.1) is 0 Å². The molecule has 82 valence electrons. The Morgan fingerprint density at radius 1 is 1.53 bits per heavy atom. The fourth-order valence-electron chi connectivity index (χ4n) is 0.929. The highest BCUT2D eigenvalue weighted by Crippen LogP contribution is 2.03. The summed E-state index contributed by atoms with van der Waals surface area (Å²) in [5.41, 5.74) is 0. The number of allylic oxidation sites excluding steroid dienone is 1. The Kier molecular flexibility index (Phi) is 8.18. The lowest BCUT2D eigenvalue weighted by atomic mass is 10.2. The lowest BCUT2D eigenvalue weighted by molar-refractivity contribution is -0.140. The Bertz CT molecular complexity index is 268. The van der Waals surface area contributed by atoms with Gasteiger partial charge in [0, 0.05) is 12.5 Å². The molecule has 0 fully saturated rings. The molecule has 15 heavy (non-hydrogen) atoms. The normalized spacial score (nSPS) is 10.7. The van der Waals surface area contributed by atoms with Crippen molar-refractivity contribution in [3.63, 3.8) is 0 Å². The highest BCUT2D eigenvalue weighted by molar-refractivity contribution is 5.81. The number of rotatable bonds is 6. The van der Waals surface area contributed by atoms with Crippen molar-refractivity contribution in [2.75, 3.05) is 0 Å². The first-order valence-electron chi connectivity index (χ1n) is 5.16. The lowest BCUT2D eigenvalue weighted by Crippen LogP contribution is -2.14. The maximum atomic E-state index is 11.0. The molecule has 0 rings (SSSR count). The minimum Gasteiger partial charge on any atom is -0.446 e. The quantitative estimate of drug-likeness (QED) is 0.289. The highest BCUT2D eigenvalue weighted by Gasteiger charge is 2.07. The molecule has 0 aliphatic carbocycles. The Morgan fingerprint density at radius 3 is 2.80 bits per heavy atom. The van der Waals surface area contributed by atoms with E-state index in [0.717, 1.165) is 25.3 Å². The molecular formula is C13H18O2. The smallest absolute Gasteiger partial charge is 0.331 e. The number of carbonyl (C=O) groups excluding carboxylic acids is 1. The molecule has 0 aliphatic heterocycles. The predicted octanol–water partition coefficient (Wildman–Crippen LogP) is 2.85. The van der Waals surface area contributed by atoms with Crippen molar-refractivity contribution in [3.05, 3.63) is 25.3 Å². The second-order valence-electron chi connectivity index (χ2n) is 3.07. The van der Waals surface area contributed by atoms with Crippen molar-refractivity contribution in [1.29, 1.82) is 0 Å². The molecule has 1 atom stereocenters. The lowest BCUT2D eigenvalue weighted by Gasteiger charge is -2.09. The van der Waals surface area contributed by atoms with Gasteiger partial charge in [-0.3, -0.25) is 0 Å². The third kappa shape index (κ3) is 7.57. The Balaban J connectivity index is 4.18. The predicted molar refractivity (Wildman–Crippen MR) is 62.2 cm³/mol. The zero-order chi connectivity index (χ0) is 11.5. The molecule has 0 unspecified atom stereocenters. The number of esters is 1. The van der Waals surface area contributed by atoms with Gasteiger partial charge in [0.15, 0.2) is 6.10 Å². The van der Waals surface area contributed by atoms with E-state index in [2.05, 4.69) is 31.9 Å².